The van der Waals surface area contributed by atoms with Crippen LogP contribution in [0.5, 0.6) is 0 Å². The first-order valence-electron chi connectivity index (χ1n) is 5.23. The standard InChI is InChI=1S/C12H15BrO3/c1-3-8-5-6-9(13)7-10(8)11(14)12(15)16-4-2/h5-7,11,14H,3-4H2,1-2H3. The third-order valence-electron chi connectivity index (χ3n) is 2.29. The van der Waals surface area contributed by atoms with Gasteiger partial charge in [0.05, 0.1) is 6.61 Å². The lowest BCUT2D eigenvalue weighted by atomic mass is 10.0. The predicted octanol–water partition coefficient (Wildman–Crippen LogP) is 2.61. The topological polar surface area (TPSA) is 46.5 Å². The second-order valence-electron chi connectivity index (χ2n) is 3.35. The highest BCUT2D eigenvalue weighted by atomic mass is 79.9. The summed E-state index contributed by atoms with van der Waals surface area (Å²) in [6.45, 7) is 3.96. The van der Waals surface area contributed by atoms with Gasteiger partial charge in [0.1, 0.15) is 0 Å². The van der Waals surface area contributed by atoms with E-state index in [0.717, 1.165) is 16.5 Å². The molecule has 1 N–H and O–H groups in total. The average Bonchev–Trinajstić information content (AvgIpc) is 2.28. The summed E-state index contributed by atoms with van der Waals surface area (Å²) < 4.78 is 5.63. The van der Waals surface area contributed by atoms with E-state index in [0.29, 0.717) is 5.56 Å². The molecule has 1 rings (SSSR count). The van der Waals surface area contributed by atoms with Crippen molar-refractivity contribution in [3.8, 4) is 0 Å². The molecule has 0 aromatic heterocycles. The Kier molecular flexibility index (Phi) is 4.96. The van der Waals surface area contributed by atoms with E-state index in [1.807, 2.05) is 19.1 Å². The Morgan fingerprint density at radius 1 is 1.50 bits per heavy atom. The van der Waals surface area contributed by atoms with Gasteiger partial charge in [0.15, 0.2) is 6.10 Å². The molecule has 0 spiro atoms. The molecule has 0 aliphatic heterocycles. The van der Waals surface area contributed by atoms with Gasteiger partial charge >= 0.3 is 5.97 Å². The molecule has 1 aromatic rings. The summed E-state index contributed by atoms with van der Waals surface area (Å²) >= 11 is 3.32. The van der Waals surface area contributed by atoms with Gasteiger partial charge < -0.3 is 9.84 Å². The first-order chi connectivity index (χ1) is 7.60. The molecule has 88 valence electrons. The van der Waals surface area contributed by atoms with Crippen LogP contribution in [0.1, 0.15) is 31.1 Å². The summed E-state index contributed by atoms with van der Waals surface area (Å²) in [7, 11) is 0. The Morgan fingerprint density at radius 2 is 2.19 bits per heavy atom. The number of hydrogen-bond donors (Lipinski definition) is 1. The molecule has 1 aromatic carbocycles. The van der Waals surface area contributed by atoms with Gasteiger partial charge in [0, 0.05) is 4.47 Å². The molecule has 0 aliphatic rings. The van der Waals surface area contributed by atoms with E-state index < -0.39 is 12.1 Å². The maximum absolute atomic E-state index is 11.4. The number of esters is 1. The number of aryl methyl sites for hydroxylation is 1. The highest BCUT2D eigenvalue weighted by molar-refractivity contribution is 9.10. The van der Waals surface area contributed by atoms with Crippen molar-refractivity contribution in [3.05, 3.63) is 33.8 Å². The van der Waals surface area contributed by atoms with Crippen molar-refractivity contribution in [1.82, 2.24) is 0 Å². The normalized spacial score (nSPS) is 12.2. The van der Waals surface area contributed by atoms with Crippen molar-refractivity contribution in [2.24, 2.45) is 0 Å². The number of halogens is 1. The first kappa shape index (κ1) is 13.2. The highest BCUT2D eigenvalue weighted by Gasteiger charge is 2.21. The maximum Gasteiger partial charge on any atom is 0.339 e. The van der Waals surface area contributed by atoms with Crippen molar-refractivity contribution in [2.75, 3.05) is 6.61 Å². The molecule has 1 atom stereocenters. The molecule has 16 heavy (non-hydrogen) atoms. The van der Waals surface area contributed by atoms with Gasteiger partial charge in [-0.1, -0.05) is 28.9 Å². The third-order valence-corrected chi connectivity index (χ3v) is 2.79. The summed E-state index contributed by atoms with van der Waals surface area (Å²) in [4.78, 5) is 11.4. The van der Waals surface area contributed by atoms with Crippen LogP contribution in [0.15, 0.2) is 22.7 Å². The minimum atomic E-state index is -1.20. The molecule has 0 saturated carbocycles. The quantitative estimate of drug-likeness (QED) is 0.866. The number of benzene rings is 1. The van der Waals surface area contributed by atoms with Crippen LogP contribution < -0.4 is 0 Å². The van der Waals surface area contributed by atoms with Crippen LogP contribution in [0.2, 0.25) is 0 Å². The van der Waals surface area contributed by atoms with Crippen LogP contribution in [-0.4, -0.2) is 17.7 Å². The summed E-state index contributed by atoms with van der Waals surface area (Å²) in [6.07, 6.45) is -0.439. The smallest absolute Gasteiger partial charge is 0.339 e. The minimum absolute atomic E-state index is 0.269. The Labute approximate surface area is 104 Å². The number of carbonyl (C=O) groups is 1. The number of ether oxygens (including phenoxy) is 1. The lowest BCUT2D eigenvalue weighted by Gasteiger charge is -2.14. The number of hydrogen-bond acceptors (Lipinski definition) is 3. The Morgan fingerprint density at radius 3 is 2.75 bits per heavy atom. The molecule has 0 saturated heterocycles. The van der Waals surface area contributed by atoms with Crippen LogP contribution in [0.4, 0.5) is 0 Å². The average molecular weight is 287 g/mol. The van der Waals surface area contributed by atoms with Gasteiger partial charge in [-0.2, -0.15) is 0 Å². The Bertz CT molecular complexity index is 377. The zero-order chi connectivity index (χ0) is 12.1. The van der Waals surface area contributed by atoms with Crippen LogP contribution in [0, 0.1) is 0 Å². The Hall–Kier alpha value is -0.870. The summed E-state index contributed by atoms with van der Waals surface area (Å²) in [6, 6.07) is 5.53. The fraction of sp³-hybridized carbons (Fsp3) is 0.417. The molecule has 0 amide bonds. The molecule has 0 radical (unpaired) electrons. The van der Waals surface area contributed by atoms with Crippen LogP contribution in [0.25, 0.3) is 0 Å². The fourth-order valence-corrected chi connectivity index (χ4v) is 1.87. The number of aliphatic hydroxyl groups is 1. The molecule has 3 nitrogen and oxygen atoms in total. The SMILES string of the molecule is CCOC(=O)C(O)c1cc(Br)ccc1CC. The van der Waals surface area contributed by atoms with E-state index in [-0.39, 0.29) is 6.61 Å². The molecule has 0 fully saturated rings. The number of carbonyl (C=O) groups excluding carboxylic acids is 1. The largest absolute Gasteiger partial charge is 0.464 e. The van der Waals surface area contributed by atoms with E-state index in [2.05, 4.69) is 15.9 Å². The van der Waals surface area contributed by atoms with Crippen molar-refractivity contribution in [3.63, 3.8) is 0 Å². The lowest BCUT2D eigenvalue weighted by Crippen LogP contribution is -2.16. The van der Waals surface area contributed by atoms with Gasteiger partial charge in [-0.3, -0.25) is 0 Å². The summed E-state index contributed by atoms with van der Waals surface area (Å²) in [5.74, 6) is -0.602. The molecular formula is C12H15BrO3. The van der Waals surface area contributed by atoms with Gasteiger partial charge in [-0.15, -0.1) is 0 Å². The van der Waals surface area contributed by atoms with E-state index in [9.17, 15) is 9.90 Å². The molecule has 1 unspecified atom stereocenters. The summed E-state index contributed by atoms with van der Waals surface area (Å²) in [5, 5.41) is 9.86. The van der Waals surface area contributed by atoms with Crippen LogP contribution in [0.3, 0.4) is 0 Å². The second-order valence-corrected chi connectivity index (χ2v) is 4.27. The van der Waals surface area contributed by atoms with Gasteiger partial charge in [-0.25, -0.2) is 4.79 Å². The fourth-order valence-electron chi connectivity index (χ4n) is 1.49. The second kappa shape index (κ2) is 6.01. The molecule has 0 heterocycles. The van der Waals surface area contributed by atoms with Crippen molar-refractivity contribution in [2.45, 2.75) is 26.4 Å². The summed E-state index contributed by atoms with van der Waals surface area (Å²) in [5.41, 5.74) is 1.55. The Balaban J connectivity index is 3.01. The van der Waals surface area contributed by atoms with Crippen LogP contribution in [-0.2, 0) is 16.0 Å². The van der Waals surface area contributed by atoms with Gasteiger partial charge in [0.2, 0.25) is 0 Å². The monoisotopic (exact) mass is 286 g/mol. The van der Waals surface area contributed by atoms with Crippen molar-refractivity contribution >= 4 is 21.9 Å². The zero-order valence-electron chi connectivity index (χ0n) is 9.37. The number of aliphatic hydroxyl groups excluding tert-OH is 1. The van der Waals surface area contributed by atoms with Gasteiger partial charge in [-0.05, 0) is 36.6 Å². The first-order valence-corrected chi connectivity index (χ1v) is 6.02. The van der Waals surface area contributed by atoms with E-state index in [4.69, 9.17) is 4.74 Å². The molecular weight excluding hydrogens is 272 g/mol. The predicted molar refractivity (Wildman–Crippen MR) is 65.1 cm³/mol. The molecule has 0 bridgehead atoms. The molecule has 0 aliphatic carbocycles. The highest BCUT2D eigenvalue weighted by Crippen LogP contribution is 2.24. The lowest BCUT2D eigenvalue weighted by molar-refractivity contribution is -0.153. The maximum atomic E-state index is 11.4. The third kappa shape index (κ3) is 3.06. The van der Waals surface area contributed by atoms with E-state index in [1.54, 1.807) is 13.0 Å². The zero-order valence-corrected chi connectivity index (χ0v) is 11.0. The molecule has 4 heteroatoms. The number of rotatable bonds is 4. The van der Waals surface area contributed by atoms with Crippen molar-refractivity contribution in [1.29, 1.82) is 0 Å². The van der Waals surface area contributed by atoms with E-state index in [1.165, 1.54) is 0 Å². The van der Waals surface area contributed by atoms with E-state index >= 15 is 0 Å². The van der Waals surface area contributed by atoms with Crippen molar-refractivity contribution < 1.29 is 14.6 Å². The van der Waals surface area contributed by atoms with Gasteiger partial charge in [0.25, 0.3) is 0 Å². The van der Waals surface area contributed by atoms with Crippen LogP contribution >= 0.6 is 15.9 Å². The minimum Gasteiger partial charge on any atom is -0.464 e.